The summed E-state index contributed by atoms with van der Waals surface area (Å²) in [4.78, 5) is 0.0742. The Bertz CT molecular complexity index is 704. The van der Waals surface area contributed by atoms with Gasteiger partial charge in [0, 0.05) is 12.2 Å². The normalized spacial score (nSPS) is 12.0. The van der Waals surface area contributed by atoms with Crippen molar-refractivity contribution < 1.29 is 17.7 Å². The van der Waals surface area contributed by atoms with Crippen molar-refractivity contribution in [1.82, 2.24) is 0 Å². The molecule has 0 aliphatic heterocycles. The van der Waals surface area contributed by atoms with Crippen molar-refractivity contribution >= 4 is 15.8 Å². The van der Waals surface area contributed by atoms with Crippen LogP contribution in [0.3, 0.4) is 0 Å². The van der Waals surface area contributed by atoms with Gasteiger partial charge in [0.15, 0.2) is 0 Å². The monoisotopic (exact) mass is 321 g/mol. The molecule has 0 aliphatic rings. The van der Waals surface area contributed by atoms with Crippen molar-refractivity contribution in [2.75, 3.05) is 11.9 Å². The van der Waals surface area contributed by atoms with E-state index in [1.165, 1.54) is 12.1 Å². The Hall–Kier alpha value is -2.05. The summed E-state index contributed by atoms with van der Waals surface area (Å²) in [6.45, 7) is 3.73. The standard InChI is InChI=1S/C16H19NO4S/c1-16(2,18)12-17-13-8-10-15(11-9-13)22(19,20)21-14-6-4-3-5-7-14/h3-11,17-18H,12H2,1-2H3. The molecule has 0 atom stereocenters. The summed E-state index contributed by atoms with van der Waals surface area (Å²) in [6, 6.07) is 14.5. The third kappa shape index (κ3) is 4.75. The average molecular weight is 321 g/mol. The van der Waals surface area contributed by atoms with E-state index in [-0.39, 0.29) is 10.6 Å². The summed E-state index contributed by atoms with van der Waals surface area (Å²) in [5, 5.41) is 12.7. The quantitative estimate of drug-likeness (QED) is 0.800. The van der Waals surface area contributed by atoms with Gasteiger partial charge >= 0.3 is 10.1 Å². The largest absolute Gasteiger partial charge is 0.389 e. The number of aliphatic hydroxyl groups is 1. The van der Waals surface area contributed by atoms with Gasteiger partial charge in [0.25, 0.3) is 0 Å². The molecular formula is C16H19NO4S. The second-order valence-electron chi connectivity index (χ2n) is 5.54. The van der Waals surface area contributed by atoms with Crippen molar-refractivity contribution in [1.29, 1.82) is 0 Å². The van der Waals surface area contributed by atoms with Crippen LogP contribution in [0.5, 0.6) is 5.75 Å². The first-order chi connectivity index (χ1) is 10.3. The van der Waals surface area contributed by atoms with Gasteiger partial charge in [0.05, 0.1) is 5.60 Å². The number of rotatable bonds is 6. The van der Waals surface area contributed by atoms with Crippen LogP contribution in [0.2, 0.25) is 0 Å². The van der Waals surface area contributed by atoms with Crippen LogP contribution in [0.15, 0.2) is 59.5 Å². The fourth-order valence-electron chi connectivity index (χ4n) is 1.71. The fraction of sp³-hybridized carbons (Fsp3) is 0.250. The number of anilines is 1. The topological polar surface area (TPSA) is 75.6 Å². The third-order valence-electron chi connectivity index (χ3n) is 2.82. The van der Waals surface area contributed by atoms with E-state index in [0.29, 0.717) is 6.54 Å². The molecule has 0 radical (unpaired) electrons. The molecule has 0 unspecified atom stereocenters. The highest BCUT2D eigenvalue weighted by Crippen LogP contribution is 2.20. The maximum Gasteiger partial charge on any atom is 0.339 e. The van der Waals surface area contributed by atoms with Crippen molar-refractivity contribution in [2.45, 2.75) is 24.3 Å². The van der Waals surface area contributed by atoms with Crippen LogP contribution >= 0.6 is 0 Å². The average Bonchev–Trinajstić information content (AvgIpc) is 2.45. The summed E-state index contributed by atoms with van der Waals surface area (Å²) in [5.41, 5.74) is -0.123. The summed E-state index contributed by atoms with van der Waals surface area (Å²) < 4.78 is 29.3. The Morgan fingerprint density at radius 2 is 1.64 bits per heavy atom. The minimum atomic E-state index is -3.85. The number of hydrogen-bond acceptors (Lipinski definition) is 5. The molecule has 2 aromatic rings. The van der Waals surface area contributed by atoms with Crippen LogP contribution < -0.4 is 9.50 Å². The summed E-state index contributed by atoms with van der Waals surface area (Å²) in [5.74, 6) is 0.270. The number of hydrogen-bond donors (Lipinski definition) is 2. The van der Waals surface area contributed by atoms with E-state index in [9.17, 15) is 13.5 Å². The number of para-hydroxylation sites is 1. The summed E-state index contributed by atoms with van der Waals surface area (Å²) in [7, 11) is -3.85. The van der Waals surface area contributed by atoms with Crippen LogP contribution in [0.1, 0.15) is 13.8 Å². The molecule has 0 bridgehead atoms. The van der Waals surface area contributed by atoms with Gasteiger partial charge in [0.1, 0.15) is 10.6 Å². The molecule has 0 saturated carbocycles. The van der Waals surface area contributed by atoms with Crippen LogP contribution in [-0.2, 0) is 10.1 Å². The predicted molar refractivity (Wildman–Crippen MR) is 85.5 cm³/mol. The minimum absolute atomic E-state index is 0.0742. The van der Waals surface area contributed by atoms with Crippen LogP contribution in [-0.4, -0.2) is 25.7 Å². The van der Waals surface area contributed by atoms with Gasteiger partial charge in [-0.3, -0.25) is 0 Å². The molecule has 0 spiro atoms. The van der Waals surface area contributed by atoms with Gasteiger partial charge in [-0.25, -0.2) is 0 Å². The van der Waals surface area contributed by atoms with Gasteiger partial charge in [-0.15, -0.1) is 0 Å². The maximum absolute atomic E-state index is 12.1. The number of benzene rings is 2. The molecule has 0 aliphatic carbocycles. The summed E-state index contributed by atoms with van der Waals surface area (Å²) >= 11 is 0. The van der Waals surface area contributed by atoms with E-state index in [0.717, 1.165) is 5.69 Å². The van der Waals surface area contributed by atoms with Crippen LogP contribution in [0.25, 0.3) is 0 Å². The van der Waals surface area contributed by atoms with Crippen molar-refractivity contribution in [3.05, 3.63) is 54.6 Å². The SMILES string of the molecule is CC(C)(O)CNc1ccc(S(=O)(=O)Oc2ccccc2)cc1. The van der Waals surface area contributed by atoms with E-state index in [4.69, 9.17) is 4.18 Å². The zero-order valence-electron chi connectivity index (χ0n) is 12.5. The molecule has 2 rings (SSSR count). The Morgan fingerprint density at radius 3 is 2.18 bits per heavy atom. The third-order valence-corrected chi connectivity index (χ3v) is 4.08. The van der Waals surface area contributed by atoms with E-state index in [2.05, 4.69) is 5.32 Å². The smallest absolute Gasteiger partial charge is 0.339 e. The van der Waals surface area contributed by atoms with Crippen molar-refractivity contribution in [3.8, 4) is 5.75 Å². The highest BCUT2D eigenvalue weighted by atomic mass is 32.2. The lowest BCUT2D eigenvalue weighted by Gasteiger charge is -2.18. The first-order valence-electron chi connectivity index (χ1n) is 6.82. The maximum atomic E-state index is 12.1. The Labute approximate surface area is 130 Å². The fourth-order valence-corrected chi connectivity index (χ4v) is 2.64. The lowest BCUT2D eigenvalue weighted by atomic mass is 10.1. The Morgan fingerprint density at radius 1 is 1.05 bits per heavy atom. The molecule has 0 amide bonds. The highest BCUT2D eigenvalue weighted by Gasteiger charge is 2.17. The molecule has 0 fully saturated rings. The summed E-state index contributed by atoms with van der Waals surface area (Å²) in [6.07, 6.45) is 0. The van der Waals surface area contributed by atoms with Crippen LogP contribution in [0, 0.1) is 0 Å². The Kier molecular flexibility index (Phi) is 4.73. The Balaban J connectivity index is 2.09. The van der Waals surface area contributed by atoms with Gasteiger partial charge in [0.2, 0.25) is 0 Å². The van der Waals surface area contributed by atoms with Gasteiger partial charge < -0.3 is 14.6 Å². The molecule has 22 heavy (non-hydrogen) atoms. The highest BCUT2D eigenvalue weighted by molar-refractivity contribution is 7.87. The first-order valence-corrected chi connectivity index (χ1v) is 8.23. The van der Waals surface area contributed by atoms with E-state index in [1.807, 2.05) is 0 Å². The molecule has 0 saturated heterocycles. The molecule has 0 heterocycles. The lowest BCUT2D eigenvalue weighted by molar-refractivity contribution is 0.0945. The molecule has 6 heteroatoms. The molecule has 118 valence electrons. The lowest BCUT2D eigenvalue weighted by Crippen LogP contribution is -2.29. The van der Waals surface area contributed by atoms with Gasteiger partial charge in [-0.1, -0.05) is 18.2 Å². The first kappa shape index (κ1) is 16.3. The predicted octanol–water partition coefficient (Wildman–Crippen LogP) is 2.64. The minimum Gasteiger partial charge on any atom is -0.389 e. The van der Waals surface area contributed by atoms with Crippen LogP contribution in [0.4, 0.5) is 5.69 Å². The van der Waals surface area contributed by atoms with Gasteiger partial charge in [-0.05, 0) is 50.2 Å². The number of nitrogens with one attached hydrogen (secondary N) is 1. The van der Waals surface area contributed by atoms with Gasteiger partial charge in [-0.2, -0.15) is 8.42 Å². The zero-order chi connectivity index (χ0) is 16.2. The second-order valence-corrected chi connectivity index (χ2v) is 7.09. The van der Waals surface area contributed by atoms with Crippen molar-refractivity contribution in [3.63, 3.8) is 0 Å². The second kappa shape index (κ2) is 6.37. The molecule has 2 N–H and O–H groups in total. The van der Waals surface area contributed by atoms with E-state index < -0.39 is 15.7 Å². The molecule has 2 aromatic carbocycles. The molecule has 0 aromatic heterocycles. The van der Waals surface area contributed by atoms with E-state index >= 15 is 0 Å². The molecule has 5 nitrogen and oxygen atoms in total. The van der Waals surface area contributed by atoms with E-state index in [1.54, 1.807) is 56.3 Å². The molecular weight excluding hydrogens is 302 g/mol. The van der Waals surface area contributed by atoms with Crippen molar-refractivity contribution in [2.24, 2.45) is 0 Å². The zero-order valence-corrected chi connectivity index (χ0v) is 13.3.